The summed E-state index contributed by atoms with van der Waals surface area (Å²) >= 11 is 1.73. The highest BCUT2D eigenvalue weighted by atomic mass is 32.2. The minimum atomic E-state index is -0.302. The molecule has 1 saturated carbocycles. The topological polar surface area (TPSA) is 69.6 Å². The van der Waals surface area contributed by atoms with Crippen LogP contribution in [0.3, 0.4) is 0 Å². The molecule has 0 spiro atoms. The molecule has 0 aromatic rings. The van der Waals surface area contributed by atoms with E-state index in [4.69, 9.17) is 0 Å². The van der Waals surface area contributed by atoms with Crippen LogP contribution in [0, 0.1) is 5.92 Å². The number of amides is 2. The first-order valence-corrected chi connectivity index (χ1v) is 8.90. The lowest BCUT2D eigenvalue weighted by Gasteiger charge is -2.30. The van der Waals surface area contributed by atoms with Gasteiger partial charge in [-0.1, -0.05) is 0 Å². The number of carbonyl (C=O) groups excluding carboxylic acids is 2. The Balaban J connectivity index is 1.53. The fourth-order valence-corrected chi connectivity index (χ4v) is 5.16. The largest absolute Gasteiger partial charge is 0.393 e. The standard InChI is InChI=1S/C15H24N2O3S/c1-15-7-6-13(19)17(15)12(9-21-15)14(20)16-8-10-2-4-11(18)5-3-10/h10-12,18H,2-9H2,1H3,(H,16,20). The van der Waals surface area contributed by atoms with Crippen LogP contribution in [0.5, 0.6) is 0 Å². The quantitative estimate of drug-likeness (QED) is 0.819. The van der Waals surface area contributed by atoms with Crippen LogP contribution < -0.4 is 5.32 Å². The molecule has 2 saturated heterocycles. The van der Waals surface area contributed by atoms with E-state index in [2.05, 4.69) is 12.2 Å². The summed E-state index contributed by atoms with van der Waals surface area (Å²) in [4.78, 5) is 26.1. The first-order valence-electron chi connectivity index (χ1n) is 7.91. The Bertz CT molecular complexity index is 437. The molecule has 2 heterocycles. The molecule has 6 heteroatoms. The maximum Gasteiger partial charge on any atom is 0.243 e. The normalized spacial score (nSPS) is 39.4. The molecule has 2 atom stereocenters. The minimum absolute atomic E-state index is 0.00685. The van der Waals surface area contributed by atoms with Gasteiger partial charge in [0.25, 0.3) is 0 Å². The van der Waals surface area contributed by atoms with Gasteiger partial charge in [-0.3, -0.25) is 9.59 Å². The van der Waals surface area contributed by atoms with E-state index in [1.807, 2.05) is 0 Å². The zero-order chi connectivity index (χ0) is 15.0. The van der Waals surface area contributed by atoms with Crippen molar-refractivity contribution in [2.24, 2.45) is 5.92 Å². The van der Waals surface area contributed by atoms with E-state index in [-0.39, 0.29) is 28.8 Å². The fraction of sp³-hybridized carbons (Fsp3) is 0.867. The van der Waals surface area contributed by atoms with E-state index in [9.17, 15) is 14.7 Å². The third kappa shape index (κ3) is 2.93. The number of aliphatic hydroxyl groups is 1. The average Bonchev–Trinajstić information content (AvgIpc) is 2.95. The lowest BCUT2D eigenvalue weighted by atomic mass is 9.87. The number of fused-ring (bicyclic) bond motifs is 1. The first kappa shape index (κ1) is 15.2. The molecule has 5 nitrogen and oxygen atoms in total. The number of nitrogens with one attached hydrogen (secondary N) is 1. The van der Waals surface area contributed by atoms with Gasteiger partial charge in [-0.15, -0.1) is 11.8 Å². The monoisotopic (exact) mass is 312 g/mol. The van der Waals surface area contributed by atoms with E-state index >= 15 is 0 Å². The lowest BCUT2D eigenvalue weighted by molar-refractivity contribution is -0.138. The minimum Gasteiger partial charge on any atom is -0.393 e. The summed E-state index contributed by atoms with van der Waals surface area (Å²) in [6.45, 7) is 2.74. The van der Waals surface area contributed by atoms with Gasteiger partial charge in [0.05, 0.1) is 11.0 Å². The second-order valence-corrected chi connectivity index (χ2v) is 8.19. The lowest BCUT2D eigenvalue weighted by Crippen LogP contribution is -2.50. The molecule has 21 heavy (non-hydrogen) atoms. The molecule has 3 rings (SSSR count). The molecule has 2 aliphatic heterocycles. The van der Waals surface area contributed by atoms with Gasteiger partial charge in [0.2, 0.25) is 11.8 Å². The third-order valence-corrected chi connectivity index (χ3v) is 6.63. The van der Waals surface area contributed by atoms with Crippen molar-refractivity contribution in [3.05, 3.63) is 0 Å². The predicted octanol–water partition coefficient (Wildman–Crippen LogP) is 1.11. The van der Waals surface area contributed by atoms with E-state index < -0.39 is 0 Å². The highest BCUT2D eigenvalue weighted by molar-refractivity contribution is 8.01. The van der Waals surface area contributed by atoms with Crippen molar-refractivity contribution in [3.8, 4) is 0 Å². The summed E-state index contributed by atoms with van der Waals surface area (Å²) < 4.78 is 0. The van der Waals surface area contributed by atoms with Gasteiger partial charge >= 0.3 is 0 Å². The predicted molar refractivity (Wildman–Crippen MR) is 81.7 cm³/mol. The van der Waals surface area contributed by atoms with Crippen LogP contribution in [0.25, 0.3) is 0 Å². The van der Waals surface area contributed by atoms with Crippen molar-refractivity contribution in [1.82, 2.24) is 10.2 Å². The molecule has 2 N–H and O–H groups in total. The van der Waals surface area contributed by atoms with Crippen molar-refractivity contribution in [3.63, 3.8) is 0 Å². The van der Waals surface area contributed by atoms with Crippen LogP contribution in [0.1, 0.15) is 45.4 Å². The van der Waals surface area contributed by atoms with Crippen LogP contribution in [0.15, 0.2) is 0 Å². The van der Waals surface area contributed by atoms with E-state index in [1.54, 1.807) is 16.7 Å². The van der Waals surface area contributed by atoms with Crippen LogP contribution in [0.2, 0.25) is 0 Å². The number of rotatable bonds is 3. The van der Waals surface area contributed by atoms with E-state index in [0.717, 1.165) is 32.1 Å². The zero-order valence-electron chi connectivity index (χ0n) is 12.5. The molecule has 2 unspecified atom stereocenters. The molecular weight excluding hydrogens is 288 g/mol. The molecule has 0 bridgehead atoms. The molecule has 2 amide bonds. The van der Waals surface area contributed by atoms with Crippen molar-refractivity contribution < 1.29 is 14.7 Å². The van der Waals surface area contributed by atoms with Crippen molar-refractivity contribution in [1.29, 1.82) is 0 Å². The van der Waals surface area contributed by atoms with Gasteiger partial charge in [-0.25, -0.2) is 0 Å². The number of thioether (sulfide) groups is 1. The smallest absolute Gasteiger partial charge is 0.243 e. The first-order chi connectivity index (χ1) is 9.99. The number of hydrogen-bond donors (Lipinski definition) is 2. The number of carbonyl (C=O) groups is 2. The fourth-order valence-electron chi connectivity index (χ4n) is 3.73. The molecule has 0 aromatic carbocycles. The Morgan fingerprint density at radius 1 is 1.43 bits per heavy atom. The van der Waals surface area contributed by atoms with Gasteiger partial charge < -0.3 is 15.3 Å². The molecule has 0 radical (unpaired) electrons. The second-order valence-electron chi connectivity index (χ2n) is 6.69. The van der Waals surface area contributed by atoms with Crippen LogP contribution >= 0.6 is 11.8 Å². The number of aliphatic hydroxyl groups excluding tert-OH is 1. The molecule has 3 aliphatic rings. The molecule has 3 fully saturated rings. The van der Waals surface area contributed by atoms with Crippen molar-refractivity contribution >= 4 is 23.6 Å². The zero-order valence-corrected chi connectivity index (χ0v) is 13.3. The summed E-state index contributed by atoms with van der Waals surface area (Å²) in [6.07, 6.45) is 4.87. The summed E-state index contributed by atoms with van der Waals surface area (Å²) in [6, 6.07) is -0.302. The van der Waals surface area contributed by atoms with Gasteiger partial charge in [-0.2, -0.15) is 0 Å². The molecule has 118 valence electrons. The van der Waals surface area contributed by atoms with Crippen molar-refractivity contribution in [2.45, 2.75) is 62.5 Å². The SMILES string of the molecule is CC12CCC(=O)N1C(C(=O)NCC1CCC(O)CC1)CS2. The van der Waals surface area contributed by atoms with Crippen LogP contribution in [-0.4, -0.2) is 51.1 Å². The Labute approximate surface area is 129 Å². The van der Waals surface area contributed by atoms with Gasteiger partial charge in [-0.05, 0) is 44.9 Å². The average molecular weight is 312 g/mol. The summed E-state index contributed by atoms with van der Waals surface area (Å²) in [5.41, 5.74) is 0. The maximum atomic E-state index is 12.4. The highest BCUT2D eigenvalue weighted by Crippen LogP contribution is 2.47. The maximum absolute atomic E-state index is 12.4. The summed E-state index contributed by atoms with van der Waals surface area (Å²) in [5, 5.41) is 12.5. The Morgan fingerprint density at radius 2 is 2.14 bits per heavy atom. The van der Waals surface area contributed by atoms with E-state index in [0.29, 0.717) is 24.6 Å². The second kappa shape index (κ2) is 5.80. The molecule has 1 aliphatic carbocycles. The van der Waals surface area contributed by atoms with Gasteiger partial charge in [0, 0.05) is 18.7 Å². The van der Waals surface area contributed by atoms with Gasteiger partial charge in [0.15, 0.2) is 0 Å². The third-order valence-electron chi connectivity index (χ3n) is 5.13. The Hall–Kier alpha value is -0.750. The number of hydrogen-bond acceptors (Lipinski definition) is 4. The summed E-state index contributed by atoms with van der Waals surface area (Å²) in [7, 11) is 0. The Morgan fingerprint density at radius 3 is 2.86 bits per heavy atom. The van der Waals surface area contributed by atoms with Crippen LogP contribution in [-0.2, 0) is 9.59 Å². The van der Waals surface area contributed by atoms with Crippen LogP contribution in [0.4, 0.5) is 0 Å². The summed E-state index contributed by atoms with van der Waals surface area (Å²) in [5.74, 6) is 1.28. The molecular formula is C15H24N2O3S. The van der Waals surface area contributed by atoms with E-state index in [1.165, 1.54) is 0 Å². The highest BCUT2D eigenvalue weighted by Gasteiger charge is 2.52. The Kier molecular flexibility index (Phi) is 4.19. The molecule has 0 aromatic heterocycles. The van der Waals surface area contributed by atoms with Gasteiger partial charge in [0.1, 0.15) is 6.04 Å². The number of nitrogens with zero attached hydrogens (tertiary/aromatic N) is 1. The van der Waals surface area contributed by atoms with Crippen molar-refractivity contribution in [2.75, 3.05) is 12.3 Å².